The van der Waals surface area contributed by atoms with Gasteiger partial charge in [-0.1, -0.05) is 13.8 Å². The van der Waals surface area contributed by atoms with Crippen molar-refractivity contribution < 1.29 is 24.5 Å². The van der Waals surface area contributed by atoms with E-state index in [1.54, 1.807) is 13.8 Å². The van der Waals surface area contributed by atoms with Gasteiger partial charge in [-0.3, -0.25) is 14.8 Å². The summed E-state index contributed by atoms with van der Waals surface area (Å²) in [6, 6.07) is 0. The molecule has 5 nitrogen and oxygen atoms in total. The number of esters is 1. The zero-order chi connectivity index (χ0) is 11.2. The van der Waals surface area contributed by atoms with Crippen LogP contribution >= 0.6 is 0 Å². The van der Waals surface area contributed by atoms with Gasteiger partial charge >= 0.3 is 5.97 Å². The fraction of sp³-hybridized carbons (Fsp3) is 0.778. The molecule has 5 heteroatoms. The minimum atomic E-state index is -0.780. The van der Waals surface area contributed by atoms with Crippen molar-refractivity contribution in [2.75, 3.05) is 6.61 Å². The predicted molar refractivity (Wildman–Crippen MR) is 48.6 cm³/mol. The topological polar surface area (TPSA) is 72.8 Å². The predicted octanol–water partition coefficient (Wildman–Crippen LogP) is 1.02. The molecular weight excluding hydrogens is 188 g/mol. The maximum atomic E-state index is 10.6. The van der Waals surface area contributed by atoms with Crippen LogP contribution in [0.4, 0.5) is 0 Å². The van der Waals surface area contributed by atoms with Crippen LogP contribution in [0, 0.1) is 5.41 Å². The third kappa shape index (κ3) is 5.66. The molecule has 1 atom stereocenters. The van der Waals surface area contributed by atoms with Crippen molar-refractivity contribution in [1.29, 1.82) is 0 Å². The van der Waals surface area contributed by atoms with Gasteiger partial charge in [-0.05, 0) is 11.8 Å². The summed E-state index contributed by atoms with van der Waals surface area (Å²) in [7, 11) is 0. The number of aldehydes is 1. The molecule has 0 saturated heterocycles. The summed E-state index contributed by atoms with van der Waals surface area (Å²) in [4.78, 5) is 25.1. The maximum absolute atomic E-state index is 10.6. The molecule has 82 valence electrons. The minimum Gasteiger partial charge on any atom is -0.455 e. The first-order valence-corrected chi connectivity index (χ1v) is 4.30. The van der Waals surface area contributed by atoms with Crippen LogP contribution in [0.15, 0.2) is 0 Å². The van der Waals surface area contributed by atoms with Crippen LogP contribution in [0.5, 0.6) is 0 Å². The van der Waals surface area contributed by atoms with E-state index in [9.17, 15) is 9.59 Å². The van der Waals surface area contributed by atoms with Gasteiger partial charge in [0.1, 0.15) is 0 Å². The average Bonchev–Trinajstić information content (AvgIpc) is 2.01. The molecule has 0 aromatic rings. The van der Waals surface area contributed by atoms with Gasteiger partial charge in [-0.15, -0.1) is 0 Å². The lowest BCUT2D eigenvalue weighted by Crippen LogP contribution is -2.29. The fourth-order valence-corrected chi connectivity index (χ4v) is 1.11. The van der Waals surface area contributed by atoms with E-state index >= 15 is 0 Å². The molecule has 0 aromatic carbocycles. The highest BCUT2D eigenvalue weighted by Crippen LogP contribution is 2.23. The second-order valence-corrected chi connectivity index (χ2v) is 3.93. The van der Waals surface area contributed by atoms with E-state index in [1.165, 1.54) is 6.92 Å². The molecule has 0 aliphatic rings. The van der Waals surface area contributed by atoms with Crippen molar-refractivity contribution in [2.45, 2.75) is 33.3 Å². The standard InChI is InChI=1S/C9H16O5/c1-7(11)14-8(5-10)4-9(2,3)6-13-12/h5,8,12H,4,6H2,1-3H3. The van der Waals surface area contributed by atoms with Crippen LogP contribution in [-0.4, -0.2) is 30.2 Å². The van der Waals surface area contributed by atoms with Crippen molar-refractivity contribution in [1.82, 2.24) is 0 Å². The van der Waals surface area contributed by atoms with Crippen molar-refractivity contribution in [2.24, 2.45) is 5.41 Å². The fourth-order valence-electron chi connectivity index (χ4n) is 1.11. The number of carbonyl (C=O) groups excluding carboxylic acids is 2. The zero-order valence-corrected chi connectivity index (χ0v) is 8.65. The lowest BCUT2D eigenvalue weighted by atomic mass is 9.88. The molecule has 1 unspecified atom stereocenters. The van der Waals surface area contributed by atoms with Crippen molar-refractivity contribution in [3.63, 3.8) is 0 Å². The van der Waals surface area contributed by atoms with E-state index in [0.717, 1.165) is 0 Å². The summed E-state index contributed by atoms with van der Waals surface area (Å²) in [6.45, 7) is 4.91. The Morgan fingerprint density at radius 2 is 2.14 bits per heavy atom. The van der Waals surface area contributed by atoms with Crippen LogP contribution in [0.1, 0.15) is 27.2 Å². The molecule has 0 rings (SSSR count). The Hall–Kier alpha value is -0.940. The summed E-state index contributed by atoms with van der Waals surface area (Å²) >= 11 is 0. The molecule has 0 fully saturated rings. The Balaban J connectivity index is 4.15. The Kier molecular flexibility index (Phi) is 5.34. The first-order valence-electron chi connectivity index (χ1n) is 4.30. The summed E-state index contributed by atoms with van der Waals surface area (Å²) in [5, 5.41) is 8.27. The van der Waals surface area contributed by atoms with Crippen LogP contribution in [0.25, 0.3) is 0 Å². The van der Waals surface area contributed by atoms with E-state index in [4.69, 9.17) is 9.99 Å². The monoisotopic (exact) mass is 204 g/mol. The largest absolute Gasteiger partial charge is 0.455 e. The third-order valence-corrected chi connectivity index (χ3v) is 1.68. The molecule has 0 saturated carbocycles. The molecular formula is C9H16O5. The van der Waals surface area contributed by atoms with Crippen molar-refractivity contribution >= 4 is 12.3 Å². The molecule has 1 N–H and O–H groups in total. The average molecular weight is 204 g/mol. The van der Waals surface area contributed by atoms with Gasteiger partial charge in [0.2, 0.25) is 0 Å². The lowest BCUT2D eigenvalue weighted by molar-refractivity contribution is -0.261. The highest BCUT2D eigenvalue weighted by molar-refractivity contribution is 5.69. The second-order valence-electron chi connectivity index (χ2n) is 3.93. The molecule has 0 aliphatic heterocycles. The quantitative estimate of drug-likeness (QED) is 0.302. The molecule has 14 heavy (non-hydrogen) atoms. The van der Waals surface area contributed by atoms with E-state index in [2.05, 4.69) is 4.89 Å². The summed E-state index contributed by atoms with van der Waals surface area (Å²) < 4.78 is 4.74. The number of ether oxygens (including phenoxy) is 1. The molecule has 0 aliphatic carbocycles. The number of hydrogen-bond donors (Lipinski definition) is 1. The Labute approximate surface area is 82.9 Å². The highest BCUT2D eigenvalue weighted by atomic mass is 17.1. The minimum absolute atomic E-state index is 0.0819. The SMILES string of the molecule is CC(=O)OC(C=O)CC(C)(C)COO. The molecule has 0 heterocycles. The maximum Gasteiger partial charge on any atom is 0.303 e. The smallest absolute Gasteiger partial charge is 0.303 e. The van der Waals surface area contributed by atoms with Crippen LogP contribution < -0.4 is 0 Å². The Bertz CT molecular complexity index is 199. The summed E-state index contributed by atoms with van der Waals surface area (Å²) in [6.07, 6.45) is 0.106. The van der Waals surface area contributed by atoms with Crippen LogP contribution in [-0.2, 0) is 19.2 Å². The molecule has 0 spiro atoms. The normalized spacial score (nSPS) is 13.4. The van der Waals surface area contributed by atoms with Crippen LogP contribution in [0.3, 0.4) is 0 Å². The first kappa shape index (κ1) is 13.1. The van der Waals surface area contributed by atoms with E-state index in [0.29, 0.717) is 12.7 Å². The number of rotatable bonds is 6. The summed E-state index contributed by atoms with van der Waals surface area (Å²) in [5.41, 5.74) is -0.421. The molecule has 0 aromatic heterocycles. The van der Waals surface area contributed by atoms with Gasteiger partial charge < -0.3 is 4.74 Å². The Morgan fingerprint density at radius 3 is 2.50 bits per heavy atom. The van der Waals surface area contributed by atoms with Gasteiger partial charge in [0.05, 0.1) is 6.61 Å². The van der Waals surface area contributed by atoms with Gasteiger partial charge in [-0.25, -0.2) is 4.89 Å². The van der Waals surface area contributed by atoms with E-state index in [-0.39, 0.29) is 6.61 Å². The van der Waals surface area contributed by atoms with Gasteiger partial charge in [0, 0.05) is 6.92 Å². The number of carbonyl (C=O) groups is 2. The molecule has 0 radical (unpaired) electrons. The Morgan fingerprint density at radius 1 is 1.57 bits per heavy atom. The highest BCUT2D eigenvalue weighted by Gasteiger charge is 2.25. The van der Waals surface area contributed by atoms with Gasteiger partial charge in [0.15, 0.2) is 12.4 Å². The van der Waals surface area contributed by atoms with Gasteiger partial charge in [0.25, 0.3) is 0 Å². The number of hydrogen-bond acceptors (Lipinski definition) is 5. The third-order valence-electron chi connectivity index (χ3n) is 1.68. The van der Waals surface area contributed by atoms with Crippen molar-refractivity contribution in [3.8, 4) is 0 Å². The van der Waals surface area contributed by atoms with Crippen molar-refractivity contribution in [3.05, 3.63) is 0 Å². The zero-order valence-electron chi connectivity index (χ0n) is 8.65. The van der Waals surface area contributed by atoms with Gasteiger partial charge in [-0.2, -0.15) is 0 Å². The van der Waals surface area contributed by atoms with Crippen LogP contribution in [0.2, 0.25) is 0 Å². The first-order chi connectivity index (χ1) is 6.41. The summed E-state index contributed by atoms with van der Waals surface area (Å²) in [5.74, 6) is -0.497. The lowest BCUT2D eigenvalue weighted by Gasteiger charge is -2.25. The second kappa shape index (κ2) is 5.72. The molecule has 0 bridgehead atoms. The van der Waals surface area contributed by atoms with E-state index in [1.807, 2.05) is 0 Å². The van der Waals surface area contributed by atoms with E-state index < -0.39 is 17.5 Å². The molecule has 0 amide bonds.